The number of hydrogen-bond donors (Lipinski definition) is 0. The molecule has 2 fully saturated rings. The van der Waals surface area contributed by atoms with Crippen molar-refractivity contribution < 1.29 is 9.66 Å². The lowest BCUT2D eigenvalue weighted by molar-refractivity contribution is -0.385. The molecule has 2 aliphatic heterocycles. The number of rotatable bonds is 5. The summed E-state index contributed by atoms with van der Waals surface area (Å²) < 4.78 is 6.16. The SMILES string of the molecule is O=[N+]([O-])c1cnc(OCCN2C3CCC2CC3)c(Br)c1. The van der Waals surface area contributed by atoms with Crippen molar-refractivity contribution in [2.75, 3.05) is 13.2 Å². The molecule has 3 rings (SSSR count). The van der Waals surface area contributed by atoms with Crippen LogP contribution in [0.3, 0.4) is 0 Å². The number of hydrogen-bond acceptors (Lipinski definition) is 5. The summed E-state index contributed by atoms with van der Waals surface area (Å²) in [6.45, 7) is 1.47. The Hall–Kier alpha value is -1.21. The monoisotopic (exact) mass is 341 g/mol. The molecule has 0 unspecified atom stereocenters. The van der Waals surface area contributed by atoms with E-state index in [9.17, 15) is 10.1 Å². The minimum absolute atomic E-state index is 0.0400. The lowest BCUT2D eigenvalue weighted by Crippen LogP contribution is -2.32. The third-order valence-corrected chi connectivity index (χ3v) is 4.76. The van der Waals surface area contributed by atoms with Gasteiger partial charge in [-0.05, 0) is 41.6 Å². The first-order valence-electron chi connectivity index (χ1n) is 6.83. The van der Waals surface area contributed by atoms with E-state index < -0.39 is 4.92 Å². The second-order valence-corrected chi connectivity index (χ2v) is 6.14. The van der Waals surface area contributed by atoms with Crippen LogP contribution in [0.5, 0.6) is 5.88 Å². The van der Waals surface area contributed by atoms with Crippen molar-refractivity contribution in [1.82, 2.24) is 9.88 Å². The van der Waals surface area contributed by atoms with Crippen molar-refractivity contribution in [3.05, 3.63) is 26.9 Å². The van der Waals surface area contributed by atoms with Crippen LogP contribution in [-0.2, 0) is 0 Å². The maximum absolute atomic E-state index is 10.6. The number of nitro groups is 1. The van der Waals surface area contributed by atoms with Crippen LogP contribution in [0, 0.1) is 10.1 Å². The molecule has 0 amide bonds. The van der Waals surface area contributed by atoms with Crippen LogP contribution in [0.25, 0.3) is 0 Å². The van der Waals surface area contributed by atoms with Gasteiger partial charge in [0.2, 0.25) is 5.88 Å². The van der Waals surface area contributed by atoms with E-state index in [1.807, 2.05) is 0 Å². The molecule has 0 spiro atoms. The summed E-state index contributed by atoms with van der Waals surface area (Å²) in [6.07, 6.45) is 6.46. The average molecular weight is 342 g/mol. The Labute approximate surface area is 125 Å². The Morgan fingerprint density at radius 2 is 2.05 bits per heavy atom. The van der Waals surface area contributed by atoms with Gasteiger partial charge in [-0.2, -0.15) is 0 Å². The van der Waals surface area contributed by atoms with Crippen LogP contribution in [0.1, 0.15) is 25.7 Å². The van der Waals surface area contributed by atoms with Crippen LogP contribution in [0.2, 0.25) is 0 Å². The second kappa shape index (κ2) is 5.65. The molecular weight excluding hydrogens is 326 g/mol. The second-order valence-electron chi connectivity index (χ2n) is 5.29. The van der Waals surface area contributed by atoms with Crippen LogP contribution >= 0.6 is 15.9 Å². The van der Waals surface area contributed by atoms with E-state index in [2.05, 4.69) is 25.8 Å². The molecule has 0 aromatic carbocycles. The van der Waals surface area contributed by atoms with Crippen molar-refractivity contribution in [2.24, 2.45) is 0 Å². The standard InChI is InChI=1S/C13H16BrN3O3/c14-12-7-11(17(18)19)8-15-13(12)20-6-5-16-9-1-2-10(16)4-3-9/h7-10H,1-6H2. The van der Waals surface area contributed by atoms with Gasteiger partial charge in [-0.25, -0.2) is 4.98 Å². The number of aromatic nitrogens is 1. The highest BCUT2D eigenvalue weighted by molar-refractivity contribution is 9.10. The predicted octanol–water partition coefficient (Wildman–Crippen LogP) is 2.76. The fourth-order valence-electron chi connectivity index (χ4n) is 3.25. The molecule has 0 aliphatic carbocycles. The quantitative estimate of drug-likeness (QED) is 0.608. The molecule has 3 heterocycles. The molecule has 20 heavy (non-hydrogen) atoms. The zero-order chi connectivity index (χ0) is 14.1. The largest absolute Gasteiger partial charge is 0.475 e. The van der Waals surface area contributed by atoms with Gasteiger partial charge in [0.15, 0.2) is 0 Å². The van der Waals surface area contributed by atoms with Gasteiger partial charge in [0, 0.05) is 24.7 Å². The van der Waals surface area contributed by atoms with Crippen molar-refractivity contribution >= 4 is 21.6 Å². The Bertz CT molecular complexity index is 506. The molecule has 0 N–H and O–H groups in total. The van der Waals surface area contributed by atoms with Gasteiger partial charge in [-0.3, -0.25) is 15.0 Å². The number of halogens is 1. The van der Waals surface area contributed by atoms with Crippen LogP contribution < -0.4 is 4.74 Å². The normalized spacial score (nSPS) is 25.1. The molecule has 7 heteroatoms. The number of ether oxygens (including phenoxy) is 1. The highest BCUT2D eigenvalue weighted by Gasteiger charge is 2.38. The first kappa shape index (κ1) is 13.8. The smallest absolute Gasteiger partial charge is 0.288 e. The van der Waals surface area contributed by atoms with E-state index in [4.69, 9.17) is 4.74 Å². The maximum Gasteiger partial charge on any atom is 0.288 e. The van der Waals surface area contributed by atoms with Gasteiger partial charge in [0.05, 0.1) is 9.40 Å². The number of nitrogens with zero attached hydrogens (tertiary/aromatic N) is 3. The summed E-state index contributed by atoms with van der Waals surface area (Å²) in [5.74, 6) is 0.419. The molecular formula is C13H16BrN3O3. The molecule has 0 saturated carbocycles. The summed E-state index contributed by atoms with van der Waals surface area (Å²) in [7, 11) is 0. The van der Waals surface area contributed by atoms with E-state index in [0.717, 1.165) is 18.6 Å². The Kier molecular flexibility index (Phi) is 3.89. The zero-order valence-corrected chi connectivity index (χ0v) is 12.6. The van der Waals surface area contributed by atoms with E-state index in [0.29, 0.717) is 17.0 Å². The lowest BCUT2D eigenvalue weighted by atomic mass is 10.0. The van der Waals surface area contributed by atoms with Crippen molar-refractivity contribution in [3.8, 4) is 5.88 Å². The van der Waals surface area contributed by atoms with Crippen molar-refractivity contribution in [3.63, 3.8) is 0 Å². The number of fused-ring (bicyclic) bond motifs is 2. The Balaban J connectivity index is 1.55. The molecule has 0 atom stereocenters. The lowest BCUT2D eigenvalue weighted by Gasteiger charge is -2.21. The topological polar surface area (TPSA) is 68.5 Å². The van der Waals surface area contributed by atoms with Gasteiger partial charge < -0.3 is 4.74 Å². The molecule has 2 aliphatic rings. The number of pyridine rings is 1. The minimum Gasteiger partial charge on any atom is -0.475 e. The summed E-state index contributed by atoms with van der Waals surface area (Å²) in [5, 5.41) is 10.6. The summed E-state index contributed by atoms with van der Waals surface area (Å²) in [6, 6.07) is 2.88. The third kappa shape index (κ3) is 2.64. The average Bonchev–Trinajstić information content (AvgIpc) is 3.00. The summed E-state index contributed by atoms with van der Waals surface area (Å²) in [4.78, 5) is 16.7. The Morgan fingerprint density at radius 3 is 2.60 bits per heavy atom. The highest BCUT2D eigenvalue weighted by Crippen LogP contribution is 2.37. The molecule has 1 aromatic heterocycles. The van der Waals surface area contributed by atoms with E-state index in [1.54, 1.807) is 0 Å². The Morgan fingerprint density at radius 1 is 1.40 bits per heavy atom. The minimum atomic E-state index is -0.469. The van der Waals surface area contributed by atoms with E-state index in [1.165, 1.54) is 37.9 Å². The molecule has 2 bridgehead atoms. The van der Waals surface area contributed by atoms with Crippen molar-refractivity contribution in [2.45, 2.75) is 37.8 Å². The first-order chi connectivity index (χ1) is 9.65. The van der Waals surface area contributed by atoms with Crippen LogP contribution in [-0.4, -0.2) is 40.0 Å². The third-order valence-electron chi connectivity index (χ3n) is 4.20. The van der Waals surface area contributed by atoms with Crippen LogP contribution in [0.15, 0.2) is 16.7 Å². The molecule has 2 saturated heterocycles. The van der Waals surface area contributed by atoms with Gasteiger partial charge >= 0.3 is 0 Å². The fourth-order valence-corrected chi connectivity index (χ4v) is 3.71. The highest BCUT2D eigenvalue weighted by atomic mass is 79.9. The fraction of sp³-hybridized carbons (Fsp3) is 0.615. The van der Waals surface area contributed by atoms with Gasteiger partial charge in [-0.15, -0.1) is 0 Å². The first-order valence-corrected chi connectivity index (χ1v) is 7.63. The molecule has 1 aromatic rings. The molecule has 108 valence electrons. The maximum atomic E-state index is 10.6. The molecule has 6 nitrogen and oxygen atoms in total. The predicted molar refractivity (Wildman–Crippen MR) is 76.8 cm³/mol. The van der Waals surface area contributed by atoms with Gasteiger partial charge in [0.1, 0.15) is 12.8 Å². The van der Waals surface area contributed by atoms with Gasteiger partial charge in [0.25, 0.3) is 5.69 Å². The van der Waals surface area contributed by atoms with E-state index >= 15 is 0 Å². The van der Waals surface area contributed by atoms with Crippen LogP contribution in [0.4, 0.5) is 5.69 Å². The van der Waals surface area contributed by atoms with Crippen molar-refractivity contribution in [1.29, 1.82) is 0 Å². The molecule has 0 radical (unpaired) electrons. The summed E-state index contributed by atoms with van der Waals surface area (Å²) >= 11 is 3.26. The van der Waals surface area contributed by atoms with Gasteiger partial charge in [-0.1, -0.05) is 0 Å². The summed E-state index contributed by atoms with van der Waals surface area (Å²) in [5.41, 5.74) is -0.0400. The van der Waals surface area contributed by atoms with E-state index in [-0.39, 0.29) is 5.69 Å². The zero-order valence-electron chi connectivity index (χ0n) is 11.0.